The highest BCUT2D eigenvalue weighted by Crippen LogP contribution is 2.30. The molecule has 7 nitrogen and oxygen atoms in total. The molecule has 0 aromatic heterocycles. The molecular formula is C22H29NO6. The summed E-state index contributed by atoms with van der Waals surface area (Å²) in [6, 6.07) is 5.76. The van der Waals surface area contributed by atoms with E-state index in [1.54, 1.807) is 7.11 Å². The lowest BCUT2D eigenvalue weighted by atomic mass is 9.91. The number of aryl methyl sites for hydroxylation is 1. The van der Waals surface area contributed by atoms with E-state index in [-0.39, 0.29) is 24.5 Å². The second kappa shape index (κ2) is 9.39. The second-order valence-corrected chi connectivity index (χ2v) is 7.72. The van der Waals surface area contributed by atoms with Gasteiger partial charge in [0.25, 0.3) is 5.91 Å². The van der Waals surface area contributed by atoms with Crippen LogP contribution in [-0.2, 0) is 30.3 Å². The molecule has 7 heteroatoms. The summed E-state index contributed by atoms with van der Waals surface area (Å²) in [7, 11) is 1.65. The smallest absolute Gasteiger partial charge is 0.303 e. The molecule has 0 N–H and O–H groups in total. The van der Waals surface area contributed by atoms with Crippen molar-refractivity contribution in [1.29, 1.82) is 0 Å². The van der Waals surface area contributed by atoms with Crippen molar-refractivity contribution in [3.63, 3.8) is 0 Å². The van der Waals surface area contributed by atoms with Crippen LogP contribution in [0.2, 0.25) is 0 Å². The van der Waals surface area contributed by atoms with E-state index >= 15 is 0 Å². The number of likely N-dealkylation sites (tertiary alicyclic amines) is 1. The third kappa shape index (κ3) is 4.96. The van der Waals surface area contributed by atoms with Crippen molar-refractivity contribution in [2.75, 3.05) is 13.7 Å². The Hall–Kier alpha value is -2.41. The Bertz CT molecular complexity index is 777. The van der Waals surface area contributed by atoms with Gasteiger partial charge in [0.2, 0.25) is 5.91 Å². The highest BCUT2D eigenvalue weighted by Gasteiger charge is 2.47. The fourth-order valence-electron chi connectivity index (χ4n) is 4.25. The van der Waals surface area contributed by atoms with Crippen LogP contribution in [0.5, 0.6) is 5.75 Å². The Balaban J connectivity index is 1.61. The zero-order valence-corrected chi connectivity index (χ0v) is 17.3. The summed E-state index contributed by atoms with van der Waals surface area (Å²) in [6.07, 6.45) is 2.96. The van der Waals surface area contributed by atoms with E-state index in [9.17, 15) is 14.4 Å². The van der Waals surface area contributed by atoms with Crippen molar-refractivity contribution < 1.29 is 28.6 Å². The maximum atomic E-state index is 12.6. The fraction of sp³-hybridized carbons (Fsp3) is 0.591. The topological polar surface area (TPSA) is 82.1 Å². The molecule has 1 heterocycles. The minimum atomic E-state index is -0.996. The molecule has 158 valence electrons. The number of ether oxygens (including phenoxy) is 3. The van der Waals surface area contributed by atoms with Crippen LogP contribution in [0.3, 0.4) is 0 Å². The first kappa shape index (κ1) is 21.3. The van der Waals surface area contributed by atoms with Crippen LogP contribution < -0.4 is 4.74 Å². The number of amides is 2. The van der Waals surface area contributed by atoms with E-state index in [2.05, 4.69) is 6.07 Å². The minimum Gasteiger partial charge on any atom is -0.496 e. The molecule has 2 aliphatic rings. The van der Waals surface area contributed by atoms with Gasteiger partial charge in [-0.05, 0) is 43.4 Å². The second-order valence-electron chi connectivity index (χ2n) is 7.72. The zero-order chi connectivity index (χ0) is 21.0. The number of nitrogens with zero attached hydrogens (tertiary/aromatic N) is 1. The summed E-state index contributed by atoms with van der Waals surface area (Å²) >= 11 is 0. The van der Waals surface area contributed by atoms with E-state index in [1.165, 1.54) is 11.8 Å². The lowest BCUT2D eigenvalue weighted by molar-refractivity contribution is -0.158. The Morgan fingerprint density at radius 1 is 1.21 bits per heavy atom. The van der Waals surface area contributed by atoms with E-state index in [1.807, 2.05) is 19.1 Å². The van der Waals surface area contributed by atoms with Gasteiger partial charge in [0.1, 0.15) is 5.75 Å². The van der Waals surface area contributed by atoms with Gasteiger partial charge in [0, 0.05) is 6.92 Å². The number of benzene rings is 1. The van der Waals surface area contributed by atoms with Gasteiger partial charge in [0.05, 0.1) is 32.3 Å². The first-order valence-corrected chi connectivity index (χ1v) is 10.2. The van der Waals surface area contributed by atoms with E-state index < -0.39 is 18.0 Å². The van der Waals surface area contributed by atoms with Gasteiger partial charge >= 0.3 is 5.97 Å². The quantitative estimate of drug-likeness (QED) is 0.514. The first-order valence-electron chi connectivity index (χ1n) is 10.2. The maximum Gasteiger partial charge on any atom is 0.303 e. The molecule has 0 bridgehead atoms. The molecule has 3 rings (SSSR count). The predicted octanol–water partition coefficient (Wildman–Crippen LogP) is 2.56. The van der Waals surface area contributed by atoms with Crippen molar-refractivity contribution in [2.45, 2.75) is 70.6 Å². The largest absolute Gasteiger partial charge is 0.496 e. The SMILES string of the molecule is COc1ccc(CCO[C@@H]2CCCC[C@H]2N2C(=O)C[C@@H](OC(C)=O)C2=O)cc1C. The third-order valence-electron chi connectivity index (χ3n) is 5.63. The average molecular weight is 403 g/mol. The fourth-order valence-corrected chi connectivity index (χ4v) is 4.25. The Kier molecular flexibility index (Phi) is 6.90. The molecule has 1 aromatic carbocycles. The molecule has 3 atom stereocenters. The summed E-state index contributed by atoms with van der Waals surface area (Å²) in [5.74, 6) is -0.399. The molecule has 1 aliphatic heterocycles. The van der Waals surface area contributed by atoms with Crippen LogP contribution in [-0.4, -0.2) is 54.7 Å². The summed E-state index contributed by atoms with van der Waals surface area (Å²) in [5, 5.41) is 0. The molecule has 29 heavy (non-hydrogen) atoms. The summed E-state index contributed by atoms with van der Waals surface area (Å²) < 4.78 is 16.4. The van der Waals surface area contributed by atoms with Crippen molar-refractivity contribution in [1.82, 2.24) is 4.90 Å². The lowest BCUT2D eigenvalue weighted by Crippen LogP contribution is -2.50. The van der Waals surface area contributed by atoms with E-state index in [0.29, 0.717) is 6.61 Å². The predicted molar refractivity (Wildman–Crippen MR) is 105 cm³/mol. The molecule has 0 spiro atoms. The minimum absolute atomic E-state index is 0.0766. The summed E-state index contributed by atoms with van der Waals surface area (Å²) in [5.41, 5.74) is 2.23. The van der Waals surface area contributed by atoms with Crippen LogP contribution in [0.4, 0.5) is 0 Å². The van der Waals surface area contributed by atoms with Gasteiger partial charge in [-0.2, -0.15) is 0 Å². The van der Waals surface area contributed by atoms with Gasteiger partial charge in [0.15, 0.2) is 6.10 Å². The van der Waals surface area contributed by atoms with Crippen molar-refractivity contribution in [3.8, 4) is 5.75 Å². The molecule has 1 saturated heterocycles. The third-order valence-corrected chi connectivity index (χ3v) is 5.63. The first-order chi connectivity index (χ1) is 13.9. The number of methoxy groups -OCH3 is 1. The molecule has 1 aliphatic carbocycles. The lowest BCUT2D eigenvalue weighted by Gasteiger charge is -2.36. The maximum absolute atomic E-state index is 12.6. The number of carbonyl (C=O) groups is 3. The van der Waals surface area contributed by atoms with Gasteiger partial charge in [-0.3, -0.25) is 19.3 Å². The number of hydrogen-bond acceptors (Lipinski definition) is 6. The summed E-state index contributed by atoms with van der Waals surface area (Å²) in [6.45, 7) is 3.76. The van der Waals surface area contributed by atoms with E-state index in [0.717, 1.165) is 49.0 Å². The molecule has 2 amide bonds. The van der Waals surface area contributed by atoms with Crippen molar-refractivity contribution in [2.24, 2.45) is 0 Å². The Labute approximate surface area is 171 Å². The van der Waals surface area contributed by atoms with Gasteiger partial charge in [-0.25, -0.2) is 0 Å². The standard InChI is InChI=1S/C22H29NO6/c1-14-12-16(8-9-18(14)27-3)10-11-28-19-7-5-4-6-17(19)23-21(25)13-20(22(23)26)29-15(2)24/h8-9,12,17,19-20H,4-7,10-11,13H2,1-3H3/t17-,19-,20-/m1/s1. The number of carbonyl (C=O) groups excluding carboxylic acids is 3. The Morgan fingerprint density at radius 2 is 1.97 bits per heavy atom. The molecular weight excluding hydrogens is 374 g/mol. The molecule has 1 saturated carbocycles. The van der Waals surface area contributed by atoms with Crippen LogP contribution >= 0.6 is 0 Å². The van der Waals surface area contributed by atoms with Crippen molar-refractivity contribution >= 4 is 17.8 Å². The van der Waals surface area contributed by atoms with Gasteiger partial charge in [-0.15, -0.1) is 0 Å². The zero-order valence-electron chi connectivity index (χ0n) is 17.3. The van der Waals surface area contributed by atoms with Crippen molar-refractivity contribution in [3.05, 3.63) is 29.3 Å². The Morgan fingerprint density at radius 3 is 2.66 bits per heavy atom. The highest BCUT2D eigenvalue weighted by molar-refractivity contribution is 6.06. The number of hydrogen-bond donors (Lipinski definition) is 0. The molecule has 1 aromatic rings. The monoisotopic (exact) mass is 403 g/mol. The van der Waals surface area contributed by atoms with Crippen LogP contribution in [0.1, 0.15) is 50.2 Å². The van der Waals surface area contributed by atoms with Crippen LogP contribution in [0.15, 0.2) is 18.2 Å². The molecule has 0 unspecified atom stereocenters. The number of esters is 1. The average Bonchev–Trinajstić information content (AvgIpc) is 2.95. The van der Waals surface area contributed by atoms with Gasteiger partial charge < -0.3 is 14.2 Å². The van der Waals surface area contributed by atoms with Crippen LogP contribution in [0, 0.1) is 6.92 Å². The number of imide groups is 1. The van der Waals surface area contributed by atoms with E-state index in [4.69, 9.17) is 14.2 Å². The normalized spacial score (nSPS) is 24.7. The number of rotatable bonds is 7. The molecule has 0 radical (unpaired) electrons. The van der Waals surface area contributed by atoms with Crippen LogP contribution in [0.25, 0.3) is 0 Å². The summed E-state index contributed by atoms with van der Waals surface area (Å²) in [4.78, 5) is 37.6. The highest BCUT2D eigenvalue weighted by atomic mass is 16.5. The van der Waals surface area contributed by atoms with Gasteiger partial charge in [-0.1, -0.05) is 25.0 Å². The molecule has 2 fully saturated rings.